The topological polar surface area (TPSA) is 20.2 Å². The minimum atomic E-state index is -0.221. The fraction of sp³-hybridized carbons (Fsp3) is 0.636. The van der Waals surface area contributed by atoms with Crippen molar-refractivity contribution in [3.05, 3.63) is 65.2 Å². The predicted octanol–water partition coefficient (Wildman–Crippen LogP) is 10.7. The van der Waals surface area contributed by atoms with E-state index in [4.69, 9.17) is 0 Å². The van der Waals surface area contributed by atoms with Gasteiger partial charge in [0.2, 0.25) is 0 Å². The fourth-order valence-electron chi connectivity index (χ4n) is 5.54. The van der Waals surface area contributed by atoms with Gasteiger partial charge in [-0.05, 0) is 36.0 Å². The number of unbranched alkanes of at least 4 members (excludes halogenated alkanes) is 11. The number of aromatic hydroxyl groups is 1. The van der Waals surface area contributed by atoms with Gasteiger partial charge in [-0.1, -0.05) is 154 Å². The van der Waals surface area contributed by atoms with Crippen LogP contribution in [0.3, 0.4) is 0 Å². The Morgan fingerprint density at radius 1 is 0.588 bits per heavy atom. The molecule has 1 N–H and O–H groups in total. The lowest BCUT2D eigenvalue weighted by Crippen LogP contribution is -2.22. The third-order valence-electron chi connectivity index (χ3n) is 7.71. The molecule has 0 bridgehead atoms. The van der Waals surface area contributed by atoms with Gasteiger partial charge in [0.1, 0.15) is 5.75 Å². The third-order valence-corrected chi connectivity index (χ3v) is 7.71. The maximum atomic E-state index is 10.6. The number of hydrogen-bond acceptors (Lipinski definition) is 1. The molecule has 0 fully saturated rings. The molecule has 0 saturated carbocycles. The minimum Gasteiger partial charge on any atom is -0.508 e. The van der Waals surface area contributed by atoms with E-state index in [1.807, 2.05) is 18.2 Å². The standard InChI is InChI=1S/C33H52O/c1-5-7-9-11-13-15-17-23-28(22-16-14-12-10-8-6-2)29-24-18-19-25-30(29)33(3,4)31-26-20-21-27-32(31)34/h18-21,24-28,34H,5-17,22-23H2,1-4H3. The lowest BCUT2D eigenvalue weighted by atomic mass is 9.72. The van der Waals surface area contributed by atoms with Crippen molar-refractivity contribution in [2.75, 3.05) is 0 Å². The lowest BCUT2D eigenvalue weighted by Gasteiger charge is -2.32. The Morgan fingerprint density at radius 3 is 1.56 bits per heavy atom. The van der Waals surface area contributed by atoms with E-state index in [0.29, 0.717) is 11.7 Å². The summed E-state index contributed by atoms with van der Waals surface area (Å²) in [5, 5.41) is 10.6. The summed E-state index contributed by atoms with van der Waals surface area (Å²) in [5.74, 6) is 1.02. The Morgan fingerprint density at radius 2 is 1.03 bits per heavy atom. The predicted molar refractivity (Wildman–Crippen MR) is 150 cm³/mol. The van der Waals surface area contributed by atoms with E-state index in [1.54, 1.807) is 0 Å². The molecule has 1 nitrogen and oxygen atoms in total. The van der Waals surface area contributed by atoms with Crippen LogP contribution in [-0.4, -0.2) is 5.11 Å². The van der Waals surface area contributed by atoms with Crippen LogP contribution in [0.1, 0.15) is 147 Å². The summed E-state index contributed by atoms with van der Waals surface area (Å²) in [7, 11) is 0. The highest BCUT2D eigenvalue weighted by atomic mass is 16.3. The summed E-state index contributed by atoms with van der Waals surface area (Å²) < 4.78 is 0. The van der Waals surface area contributed by atoms with Crippen molar-refractivity contribution in [3.8, 4) is 5.75 Å². The Bertz CT molecular complexity index is 791. The third kappa shape index (κ3) is 9.12. The lowest BCUT2D eigenvalue weighted by molar-refractivity contribution is 0.448. The van der Waals surface area contributed by atoms with Gasteiger partial charge in [-0.2, -0.15) is 0 Å². The summed E-state index contributed by atoms with van der Waals surface area (Å²) in [5.41, 5.74) is 3.70. The highest BCUT2D eigenvalue weighted by Gasteiger charge is 2.30. The molecule has 0 aliphatic carbocycles. The molecule has 190 valence electrons. The smallest absolute Gasteiger partial charge is 0.119 e. The van der Waals surface area contributed by atoms with Crippen molar-refractivity contribution in [2.24, 2.45) is 0 Å². The van der Waals surface area contributed by atoms with Crippen LogP contribution in [0.2, 0.25) is 0 Å². The highest BCUT2D eigenvalue weighted by Crippen LogP contribution is 2.42. The second kappa shape index (κ2) is 16.0. The maximum Gasteiger partial charge on any atom is 0.119 e. The molecule has 0 aliphatic rings. The first-order valence-corrected chi connectivity index (χ1v) is 14.4. The van der Waals surface area contributed by atoms with Crippen LogP contribution < -0.4 is 0 Å². The summed E-state index contributed by atoms with van der Waals surface area (Å²) >= 11 is 0. The van der Waals surface area contributed by atoms with Gasteiger partial charge in [-0.15, -0.1) is 0 Å². The number of hydrogen-bond donors (Lipinski definition) is 1. The molecule has 34 heavy (non-hydrogen) atoms. The molecular formula is C33H52O. The fourth-order valence-corrected chi connectivity index (χ4v) is 5.54. The van der Waals surface area contributed by atoms with Crippen LogP contribution in [0, 0.1) is 0 Å². The summed E-state index contributed by atoms with van der Waals surface area (Å²) in [6.45, 7) is 9.13. The van der Waals surface area contributed by atoms with E-state index in [1.165, 1.54) is 107 Å². The highest BCUT2D eigenvalue weighted by molar-refractivity contribution is 5.48. The first-order valence-electron chi connectivity index (χ1n) is 14.4. The van der Waals surface area contributed by atoms with E-state index in [-0.39, 0.29) is 5.41 Å². The van der Waals surface area contributed by atoms with Crippen molar-refractivity contribution in [1.82, 2.24) is 0 Å². The number of phenols is 1. The molecule has 2 rings (SSSR count). The van der Waals surface area contributed by atoms with Crippen molar-refractivity contribution < 1.29 is 5.11 Å². The van der Waals surface area contributed by atoms with E-state index in [2.05, 4.69) is 58.0 Å². The number of benzene rings is 2. The maximum absolute atomic E-state index is 10.6. The zero-order valence-electron chi connectivity index (χ0n) is 22.7. The van der Waals surface area contributed by atoms with E-state index < -0.39 is 0 Å². The Kier molecular flexibility index (Phi) is 13.4. The van der Waals surface area contributed by atoms with Gasteiger partial charge in [0.15, 0.2) is 0 Å². The second-order valence-corrected chi connectivity index (χ2v) is 10.9. The van der Waals surface area contributed by atoms with Gasteiger partial charge in [-0.25, -0.2) is 0 Å². The molecule has 1 atom stereocenters. The monoisotopic (exact) mass is 464 g/mol. The average Bonchev–Trinajstić information content (AvgIpc) is 2.84. The van der Waals surface area contributed by atoms with Crippen LogP contribution in [-0.2, 0) is 5.41 Å². The molecule has 2 aromatic carbocycles. The first-order chi connectivity index (χ1) is 16.5. The van der Waals surface area contributed by atoms with Gasteiger partial charge in [0.05, 0.1) is 0 Å². The first kappa shape index (κ1) is 28.5. The van der Waals surface area contributed by atoms with Crippen molar-refractivity contribution in [1.29, 1.82) is 0 Å². The summed E-state index contributed by atoms with van der Waals surface area (Å²) in [6.07, 6.45) is 20.3. The number of rotatable bonds is 18. The number of para-hydroxylation sites is 1. The minimum absolute atomic E-state index is 0.221. The normalized spacial score (nSPS) is 12.7. The molecule has 0 spiro atoms. The number of phenolic OH excluding ortho intramolecular Hbond substituents is 1. The molecule has 0 aliphatic heterocycles. The van der Waals surface area contributed by atoms with Gasteiger partial charge >= 0.3 is 0 Å². The van der Waals surface area contributed by atoms with Crippen LogP contribution >= 0.6 is 0 Å². The Labute approximate surface area is 211 Å². The summed E-state index contributed by atoms with van der Waals surface area (Å²) in [6, 6.07) is 17.0. The zero-order chi connectivity index (χ0) is 24.7. The van der Waals surface area contributed by atoms with Gasteiger partial charge in [0, 0.05) is 11.0 Å². The van der Waals surface area contributed by atoms with Crippen LogP contribution in [0.4, 0.5) is 0 Å². The van der Waals surface area contributed by atoms with Crippen LogP contribution in [0.5, 0.6) is 5.75 Å². The summed E-state index contributed by atoms with van der Waals surface area (Å²) in [4.78, 5) is 0. The quantitative estimate of drug-likeness (QED) is 0.217. The van der Waals surface area contributed by atoms with E-state index >= 15 is 0 Å². The molecule has 0 saturated heterocycles. The molecule has 2 aromatic rings. The SMILES string of the molecule is CCCCCCCCCC(CCCCCCCC)c1ccccc1C(C)(C)c1ccccc1O. The van der Waals surface area contributed by atoms with Crippen LogP contribution in [0.25, 0.3) is 0 Å². The second-order valence-electron chi connectivity index (χ2n) is 10.9. The van der Waals surface area contributed by atoms with E-state index in [9.17, 15) is 5.11 Å². The van der Waals surface area contributed by atoms with Crippen molar-refractivity contribution >= 4 is 0 Å². The molecule has 0 heterocycles. The Hall–Kier alpha value is -1.76. The average molecular weight is 465 g/mol. The van der Waals surface area contributed by atoms with Crippen molar-refractivity contribution in [2.45, 2.75) is 135 Å². The van der Waals surface area contributed by atoms with E-state index in [0.717, 1.165) is 5.56 Å². The molecule has 1 unspecified atom stereocenters. The molecule has 0 amide bonds. The largest absolute Gasteiger partial charge is 0.508 e. The molecule has 0 aromatic heterocycles. The molecule has 0 radical (unpaired) electrons. The van der Waals surface area contributed by atoms with Crippen LogP contribution in [0.15, 0.2) is 48.5 Å². The zero-order valence-corrected chi connectivity index (χ0v) is 22.7. The van der Waals surface area contributed by atoms with Gasteiger partial charge in [0.25, 0.3) is 0 Å². The molecular weight excluding hydrogens is 412 g/mol. The van der Waals surface area contributed by atoms with Crippen molar-refractivity contribution in [3.63, 3.8) is 0 Å². The van der Waals surface area contributed by atoms with Gasteiger partial charge in [-0.3, -0.25) is 0 Å². The Balaban J connectivity index is 2.14. The van der Waals surface area contributed by atoms with Gasteiger partial charge < -0.3 is 5.11 Å². The molecule has 1 heteroatoms.